The van der Waals surface area contributed by atoms with E-state index in [1.165, 1.54) is 19.1 Å². The lowest BCUT2D eigenvalue weighted by Crippen LogP contribution is -2.41. The zero-order chi connectivity index (χ0) is 18.3. The maximum absolute atomic E-state index is 12.8. The summed E-state index contributed by atoms with van der Waals surface area (Å²) in [5.74, 6) is -3.87. The average molecular weight is 344 g/mol. The minimum atomic E-state index is -0.797. The van der Waals surface area contributed by atoms with E-state index in [0.717, 1.165) is 11.1 Å². The molecule has 0 amide bonds. The van der Waals surface area contributed by atoms with Crippen LogP contribution < -0.4 is 0 Å². The monoisotopic (exact) mass is 344 g/mol. The van der Waals surface area contributed by atoms with Crippen molar-refractivity contribution in [2.75, 3.05) is 0 Å². The number of Topliss-reactive ketones (excluding diaryl/α,β-unsaturated/α-hetero) is 2. The van der Waals surface area contributed by atoms with Crippen molar-refractivity contribution in [1.82, 2.24) is 0 Å². The summed E-state index contributed by atoms with van der Waals surface area (Å²) >= 11 is 0. The Bertz CT molecular complexity index is 1070. The van der Waals surface area contributed by atoms with E-state index in [0.29, 0.717) is 11.1 Å². The number of hydrogen-bond donors (Lipinski definition) is 1. The van der Waals surface area contributed by atoms with Crippen molar-refractivity contribution in [2.24, 2.45) is 0 Å². The van der Waals surface area contributed by atoms with Crippen LogP contribution in [0.1, 0.15) is 29.9 Å². The Morgan fingerprint density at radius 2 is 1.23 bits per heavy atom. The quantitative estimate of drug-likeness (QED) is 0.443. The maximum Gasteiger partial charge on any atom is 0.232 e. The van der Waals surface area contributed by atoms with Gasteiger partial charge in [0.25, 0.3) is 0 Å². The van der Waals surface area contributed by atoms with E-state index >= 15 is 0 Å². The SMILES string of the molecule is CC1=C(O)C2=C(C(=O)C1=O)C1C3=C(C(=O)C=CC3=O)C2c2ccccc21. The van der Waals surface area contributed by atoms with E-state index < -0.39 is 23.4 Å². The molecule has 1 aromatic rings. The normalized spacial score (nSPS) is 26.5. The Balaban J connectivity index is 1.91. The first-order valence-corrected chi connectivity index (χ1v) is 8.26. The Hall–Kier alpha value is -3.34. The summed E-state index contributed by atoms with van der Waals surface area (Å²) in [6.07, 6.45) is 2.44. The smallest absolute Gasteiger partial charge is 0.232 e. The van der Waals surface area contributed by atoms with Crippen LogP contribution in [0.5, 0.6) is 0 Å². The number of carbonyl (C=O) groups is 4. The summed E-state index contributed by atoms with van der Waals surface area (Å²) < 4.78 is 0. The average Bonchev–Trinajstić information content (AvgIpc) is 2.66. The van der Waals surface area contributed by atoms with Crippen LogP contribution in [-0.2, 0) is 19.2 Å². The number of carbonyl (C=O) groups excluding carboxylic acids is 4. The van der Waals surface area contributed by atoms with E-state index in [1.54, 1.807) is 12.1 Å². The van der Waals surface area contributed by atoms with E-state index in [1.807, 2.05) is 12.1 Å². The zero-order valence-corrected chi connectivity index (χ0v) is 13.7. The summed E-state index contributed by atoms with van der Waals surface area (Å²) in [5.41, 5.74) is 2.50. The molecular weight excluding hydrogens is 332 g/mol. The van der Waals surface area contributed by atoms with E-state index in [9.17, 15) is 24.3 Å². The zero-order valence-electron chi connectivity index (χ0n) is 13.7. The Labute approximate surface area is 148 Å². The molecule has 2 bridgehead atoms. The molecule has 0 aliphatic heterocycles. The minimum absolute atomic E-state index is 0.0222. The topological polar surface area (TPSA) is 88.5 Å². The molecule has 26 heavy (non-hydrogen) atoms. The van der Waals surface area contributed by atoms with Crippen LogP contribution in [0, 0.1) is 0 Å². The molecule has 5 aliphatic rings. The van der Waals surface area contributed by atoms with Gasteiger partial charge in [0.2, 0.25) is 11.6 Å². The molecule has 2 unspecified atom stereocenters. The second-order valence-electron chi connectivity index (χ2n) is 6.84. The predicted molar refractivity (Wildman–Crippen MR) is 90.5 cm³/mol. The van der Waals surface area contributed by atoms with Gasteiger partial charge < -0.3 is 5.11 Å². The van der Waals surface area contributed by atoms with Gasteiger partial charge >= 0.3 is 0 Å². The van der Waals surface area contributed by atoms with E-state index in [4.69, 9.17) is 0 Å². The first kappa shape index (κ1) is 15.0. The van der Waals surface area contributed by atoms with Gasteiger partial charge in [-0.2, -0.15) is 0 Å². The van der Waals surface area contributed by atoms with Crippen molar-refractivity contribution in [3.8, 4) is 0 Å². The molecule has 5 nitrogen and oxygen atoms in total. The maximum atomic E-state index is 12.8. The molecule has 0 heterocycles. The van der Waals surface area contributed by atoms with Crippen LogP contribution in [-0.4, -0.2) is 28.2 Å². The number of rotatable bonds is 0. The van der Waals surface area contributed by atoms with E-state index in [-0.39, 0.29) is 34.0 Å². The minimum Gasteiger partial charge on any atom is -0.507 e. The predicted octanol–water partition coefficient (Wildman–Crippen LogP) is 2.17. The lowest BCUT2D eigenvalue weighted by Gasteiger charge is -2.44. The van der Waals surface area contributed by atoms with Gasteiger partial charge in [0.1, 0.15) is 5.76 Å². The molecule has 0 fully saturated rings. The summed E-state index contributed by atoms with van der Waals surface area (Å²) in [6, 6.07) is 7.24. The van der Waals surface area contributed by atoms with Crippen LogP contribution >= 0.6 is 0 Å². The fraction of sp³-hybridized carbons (Fsp3) is 0.143. The molecule has 5 aliphatic carbocycles. The van der Waals surface area contributed by atoms with Crippen molar-refractivity contribution in [3.63, 3.8) is 0 Å². The van der Waals surface area contributed by atoms with Crippen LogP contribution in [0.3, 0.4) is 0 Å². The highest BCUT2D eigenvalue weighted by Gasteiger charge is 2.53. The summed E-state index contributed by atoms with van der Waals surface area (Å²) in [4.78, 5) is 50.3. The van der Waals surface area contributed by atoms with Crippen LogP contribution in [0.4, 0.5) is 0 Å². The van der Waals surface area contributed by atoms with Crippen LogP contribution in [0.15, 0.2) is 70.0 Å². The molecule has 5 heteroatoms. The van der Waals surface area contributed by atoms with Gasteiger partial charge in [0, 0.05) is 39.7 Å². The highest BCUT2D eigenvalue weighted by atomic mass is 16.3. The van der Waals surface area contributed by atoms with Gasteiger partial charge in [0.05, 0.1) is 0 Å². The summed E-state index contributed by atoms with van der Waals surface area (Å²) in [6.45, 7) is 1.40. The molecule has 0 spiro atoms. The number of benzene rings is 1. The first-order valence-electron chi connectivity index (χ1n) is 8.26. The van der Waals surface area contributed by atoms with Crippen molar-refractivity contribution in [2.45, 2.75) is 18.8 Å². The van der Waals surface area contributed by atoms with Crippen LogP contribution in [0.2, 0.25) is 0 Å². The van der Waals surface area contributed by atoms with Crippen molar-refractivity contribution >= 4 is 23.1 Å². The highest BCUT2D eigenvalue weighted by Crippen LogP contribution is 2.59. The number of aliphatic hydroxyl groups excluding tert-OH is 1. The molecule has 0 saturated carbocycles. The van der Waals surface area contributed by atoms with Gasteiger partial charge in [-0.05, 0) is 30.2 Å². The fourth-order valence-electron chi connectivity index (χ4n) is 4.57. The number of ketones is 4. The third-order valence-corrected chi connectivity index (χ3v) is 5.67. The molecule has 0 radical (unpaired) electrons. The standard InChI is InChI=1S/C21H12O5/c1-8-19(24)17-13-9-4-2-3-5-10(9)14(18(17)21(26)20(8)25)16-12(23)7-6-11(22)15(13)16/h2-7,13-14,24H,1H3. The van der Waals surface area contributed by atoms with Gasteiger partial charge in [-0.1, -0.05) is 24.3 Å². The van der Waals surface area contributed by atoms with E-state index in [2.05, 4.69) is 0 Å². The van der Waals surface area contributed by atoms with Gasteiger partial charge in [-0.15, -0.1) is 0 Å². The molecule has 6 rings (SSSR count). The lowest BCUT2D eigenvalue weighted by molar-refractivity contribution is -0.132. The van der Waals surface area contributed by atoms with Gasteiger partial charge in [-0.25, -0.2) is 0 Å². The summed E-state index contributed by atoms with van der Waals surface area (Å²) in [7, 11) is 0. The summed E-state index contributed by atoms with van der Waals surface area (Å²) in [5, 5.41) is 10.7. The third-order valence-electron chi connectivity index (χ3n) is 5.67. The highest BCUT2D eigenvalue weighted by molar-refractivity contribution is 6.51. The second-order valence-corrected chi connectivity index (χ2v) is 6.84. The molecular formula is C21H12O5. The van der Waals surface area contributed by atoms with Crippen molar-refractivity contribution in [3.05, 3.63) is 81.2 Å². The number of aliphatic hydroxyl groups is 1. The Kier molecular flexibility index (Phi) is 2.67. The molecule has 1 aromatic carbocycles. The Morgan fingerprint density at radius 3 is 1.77 bits per heavy atom. The van der Waals surface area contributed by atoms with Gasteiger partial charge in [0.15, 0.2) is 11.6 Å². The van der Waals surface area contributed by atoms with Gasteiger partial charge in [-0.3, -0.25) is 19.2 Å². The largest absolute Gasteiger partial charge is 0.507 e. The molecule has 1 N–H and O–H groups in total. The van der Waals surface area contributed by atoms with Crippen molar-refractivity contribution < 1.29 is 24.3 Å². The van der Waals surface area contributed by atoms with Crippen molar-refractivity contribution in [1.29, 1.82) is 0 Å². The third kappa shape index (κ3) is 1.51. The van der Waals surface area contributed by atoms with Crippen LogP contribution in [0.25, 0.3) is 0 Å². The first-order chi connectivity index (χ1) is 12.4. The molecule has 126 valence electrons. The molecule has 0 aromatic heterocycles. The fourth-order valence-corrected chi connectivity index (χ4v) is 4.57. The molecule has 2 atom stereocenters. The Morgan fingerprint density at radius 1 is 0.731 bits per heavy atom. The lowest BCUT2D eigenvalue weighted by atomic mass is 9.56. The second kappa shape index (κ2) is 4.64. The molecule has 0 saturated heterocycles. The number of hydrogen-bond acceptors (Lipinski definition) is 5. The number of allylic oxidation sites excluding steroid dienone is 7.